The Morgan fingerprint density at radius 3 is 2.61 bits per heavy atom. The van der Waals surface area contributed by atoms with Crippen molar-refractivity contribution >= 4 is 12.0 Å². The molecule has 0 amide bonds. The van der Waals surface area contributed by atoms with Crippen molar-refractivity contribution < 1.29 is 9.53 Å². The minimum Gasteiger partial charge on any atom is -0.380 e. The normalized spacial score (nSPS) is 23.0. The Balaban J connectivity index is 2.06. The largest absolute Gasteiger partial charge is 0.380 e. The first kappa shape index (κ1) is 13.1. The number of rotatable bonds is 5. The molecule has 18 heavy (non-hydrogen) atoms. The number of aryl methyl sites for hydroxylation is 1. The summed E-state index contributed by atoms with van der Waals surface area (Å²) in [6, 6.07) is 8.52. The molecule has 1 fully saturated rings. The molecule has 1 aromatic rings. The van der Waals surface area contributed by atoms with Gasteiger partial charge in [-0.3, -0.25) is 0 Å². The van der Waals surface area contributed by atoms with Gasteiger partial charge in [0.15, 0.2) is 0 Å². The van der Waals surface area contributed by atoms with Crippen molar-refractivity contribution in [3.8, 4) is 0 Å². The van der Waals surface area contributed by atoms with Crippen LogP contribution in [0.4, 0.5) is 5.69 Å². The van der Waals surface area contributed by atoms with Crippen molar-refractivity contribution in [3.05, 3.63) is 29.8 Å². The Morgan fingerprint density at radius 1 is 1.39 bits per heavy atom. The molecule has 3 nitrogen and oxygen atoms in total. The summed E-state index contributed by atoms with van der Waals surface area (Å²) in [5, 5.41) is 0. The van der Waals surface area contributed by atoms with Crippen LogP contribution in [0.2, 0.25) is 0 Å². The van der Waals surface area contributed by atoms with Crippen molar-refractivity contribution in [2.75, 3.05) is 31.7 Å². The zero-order chi connectivity index (χ0) is 13.0. The Labute approximate surface area is 109 Å². The van der Waals surface area contributed by atoms with E-state index in [1.54, 1.807) is 0 Å². The fourth-order valence-electron chi connectivity index (χ4n) is 2.43. The van der Waals surface area contributed by atoms with Gasteiger partial charge in [-0.25, -0.2) is 0 Å². The summed E-state index contributed by atoms with van der Waals surface area (Å²) in [5.41, 5.74) is 2.17. The first-order chi connectivity index (χ1) is 8.69. The van der Waals surface area contributed by atoms with E-state index in [-0.39, 0.29) is 5.41 Å². The highest BCUT2D eigenvalue weighted by molar-refractivity contribution is 5.62. The minimum absolute atomic E-state index is 0.321. The van der Waals surface area contributed by atoms with E-state index < -0.39 is 0 Å². The molecule has 1 atom stereocenters. The first-order valence-corrected chi connectivity index (χ1v) is 6.53. The predicted octanol–water partition coefficient (Wildman–Crippen LogP) is 2.29. The monoisotopic (exact) mass is 247 g/mol. The van der Waals surface area contributed by atoms with Crippen molar-refractivity contribution in [2.24, 2.45) is 5.41 Å². The van der Waals surface area contributed by atoms with Crippen molar-refractivity contribution in [1.82, 2.24) is 0 Å². The van der Waals surface area contributed by atoms with Crippen LogP contribution in [-0.2, 0) is 16.0 Å². The van der Waals surface area contributed by atoms with Crippen LogP contribution in [0.25, 0.3) is 0 Å². The zero-order valence-electron chi connectivity index (χ0n) is 11.2. The number of anilines is 1. The van der Waals surface area contributed by atoms with E-state index in [0.29, 0.717) is 13.2 Å². The van der Waals surface area contributed by atoms with E-state index >= 15 is 0 Å². The summed E-state index contributed by atoms with van der Waals surface area (Å²) >= 11 is 0. The van der Waals surface area contributed by atoms with E-state index in [2.05, 4.69) is 36.1 Å². The molecule has 0 aromatic heterocycles. The van der Waals surface area contributed by atoms with E-state index in [1.807, 2.05) is 7.05 Å². The van der Waals surface area contributed by atoms with Crippen molar-refractivity contribution in [1.29, 1.82) is 0 Å². The predicted molar refractivity (Wildman–Crippen MR) is 73.0 cm³/mol. The quantitative estimate of drug-likeness (QED) is 0.748. The third kappa shape index (κ3) is 2.72. The molecule has 1 saturated heterocycles. The number of carbonyl (C=O) groups is 1. The zero-order valence-corrected chi connectivity index (χ0v) is 11.2. The average Bonchev–Trinajstić information content (AvgIpc) is 2.88. The highest BCUT2D eigenvalue weighted by Gasteiger charge is 2.35. The van der Waals surface area contributed by atoms with Gasteiger partial charge in [-0.05, 0) is 30.5 Å². The maximum atomic E-state index is 11.3. The Bertz CT molecular complexity index is 393. The van der Waals surface area contributed by atoms with Gasteiger partial charge in [-0.1, -0.05) is 19.1 Å². The van der Waals surface area contributed by atoms with Crippen LogP contribution in [0.1, 0.15) is 18.9 Å². The van der Waals surface area contributed by atoms with Gasteiger partial charge in [-0.15, -0.1) is 0 Å². The van der Waals surface area contributed by atoms with Gasteiger partial charge in [0.1, 0.15) is 6.29 Å². The summed E-state index contributed by atoms with van der Waals surface area (Å²) in [6.07, 6.45) is 2.95. The maximum absolute atomic E-state index is 11.3. The fraction of sp³-hybridized carbons (Fsp3) is 0.533. The molecule has 3 heteroatoms. The van der Waals surface area contributed by atoms with E-state index in [1.165, 1.54) is 5.56 Å². The van der Waals surface area contributed by atoms with Gasteiger partial charge < -0.3 is 14.4 Å². The van der Waals surface area contributed by atoms with Gasteiger partial charge in [-0.2, -0.15) is 0 Å². The van der Waals surface area contributed by atoms with E-state index in [9.17, 15) is 4.79 Å². The van der Waals surface area contributed by atoms with Crippen LogP contribution in [-0.4, -0.2) is 33.1 Å². The van der Waals surface area contributed by atoms with Crippen LogP contribution in [0.15, 0.2) is 24.3 Å². The number of aldehydes is 1. The average molecular weight is 247 g/mol. The Kier molecular flexibility index (Phi) is 4.02. The van der Waals surface area contributed by atoms with Crippen LogP contribution in [0.5, 0.6) is 0 Å². The van der Waals surface area contributed by atoms with Crippen molar-refractivity contribution in [2.45, 2.75) is 19.8 Å². The molecule has 0 spiro atoms. The third-order valence-corrected chi connectivity index (χ3v) is 3.72. The van der Waals surface area contributed by atoms with Gasteiger partial charge in [0.05, 0.1) is 12.0 Å². The highest BCUT2D eigenvalue weighted by Crippen LogP contribution is 2.28. The summed E-state index contributed by atoms with van der Waals surface area (Å²) < 4.78 is 5.37. The lowest BCUT2D eigenvalue weighted by molar-refractivity contribution is -0.115. The Morgan fingerprint density at radius 2 is 2.11 bits per heavy atom. The number of benzene rings is 1. The van der Waals surface area contributed by atoms with Crippen LogP contribution >= 0.6 is 0 Å². The molecule has 2 rings (SSSR count). The van der Waals surface area contributed by atoms with Crippen LogP contribution < -0.4 is 4.90 Å². The van der Waals surface area contributed by atoms with E-state index in [0.717, 1.165) is 31.4 Å². The molecule has 98 valence electrons. The highest BCUT2D eigenvalue weighted by atomic mass is 16.5. The number of ether oxygens (including phenoxy) is 1. The number of hydrogen-bond acceptors (Lipinski definition) is 3. The SMILES string of the molecule is CCc1ccc(N(C)CC2(C=O)CCOC2)cc1. The standard InChI is InChI=1S/C15H21NO2/c1-3-13-4-6-14(7-5-13)16(2)10-15(11-17)8-9-18-12-15/h4-7,11H,3,8-10,12H2,1-2H3. The van der Waals surface area contributed by atoms with Crippen LogP contribution in [0, 0.1) is 5.41 Å². The Hall–Kier alpha value is -1.35. The smallest absolute Gasteiger partial charge is 0.130 e. The number of hydrogen-bond donors (Lipinski definition) is 0. The fourth-order valence-corrected chi connectivity index (χ4v) is 2.43. The molecule has 0 N–H and O–H groups in total. The molecular weight excluding hydrogens is 226 g/mol. The molecule has 0 bridgehead atoms. The minimum atomic E-state index is -0.321. The summed E-state index contributed by atoms with van der Waals surface area (Å²) in [5.74, 6) is 0. The third-order valence-electron chi connectivity index (χ3n) is 3.72. The van der Waals surface area contributed by atoms with Crippen LogP contribution in [0.3, 0.4) is 0 Å². The van der Waals surface area contributed by atoms with Gasteiger partial charge in [0, 0.05) is 25.9 Å². The van der Waals surface area contributed by atoms with E-state index in [4.69, 9.17) is 4.74 Å². The van der Waals surface area contributed by atoms with Gasteiger partial charge >= 0.3 is 0 Å². The number of nitrogens with zero attached hydrogens (tertiary/aromatic N) is 1. The molecule has 1 aromatic carbocycles. The lowest BCUT2D eigenvalue weighted by Gasteiger charge is -2.28. The second-order valence-corrected chi connectivity index (χ2v) is 5.16. The summed E-state index contributed by atoms with van der Waals surface area (Å²) in [6.45, 7) is 4.12. The summed E-state index contributed by atoms with van der Waals surface area (Å²) in [4.78, 5) is 13.4. The molecule has 0 aliphatic carbocycles. The molecule has 1 aliphatic heterocycles. The van der Waals surface area contributed by atoms with Crippen molar-refractivity contribution in [3.63, 3.8) is 0 Å². The molecule has 1 aliphatic rings. The topological polar surface area (TPSA) is 29.5 Å². The molecular formula is C15H21NO2. The van der Waals surface area contributed by atoms with Gasteiger partial charge in [0.25, 0.3) is 0 Å². The molecule has 1 heterocycles. The lowest BCUT2D eigenvalue weighted by Crippen LogP contribution is -2.37. The lowest BCUT2D eigenvalue weighted by atomic mass is 9.88. The second-order valence-electron chi connectivity index (χ2n) is 5.16. The first-order valence-electron chi connectivity index (χ1n) is 6.53. The molecule has 1 unspecified atom stereocenters. The molecule has 0 radical (unpaired) electrons. The van der Waals surface area contributed by atoms with Gasteiger partial charge in [0.2, 0.25) is 0 Å². The molecule has 0 saturated carbocycles. The summed E-state index contributed by atoms with van der Waals surface area (Å²) in [7, 11) is 2.03. The number of carbonyl (C=O) groups excluding carboxylic acids is 1. The second kappa shape index (κ2) is 5.53. The maximum Gasteiger partial charge on any atom is 0.130 e.